The fourth-order valence-corrected chi connectivity index (χ4v) is 2.44. The van der Waals surface area contributed by atoms with Crippen LogP contribution >= 0.6 is 0 Å². The molecule has 0 aliphatic heterocycles. The number of anilines is 1. The zero-order valence-corrected chi connectivity index (χ0v) is 15.4. The molecular weight excluding hydrogens is 412 g/mol. The Morgan fingerprint density at radius 2 is 1.53 bits per heavy atom. The van der Waals surface area contributed by atoms with Gasteiger partial charge < -0.3 is 10.6 Å². The highest BCUT2D eigenvalue weighted by Gasteiger charge is 2.36. The van der Waals surface area contributed by atoms with Gasteiger partial charge in [-0.3, -0.25) is 4.79 Å². The van der Waals surface area contributed by atoms with Gasteiger partial charge in [0.15, 0.2) is 0 Å². The quantitative estimate of drug-likeness (QED) is 0.380. The van der Waals surface area contributed by atoms with Crippen LogP contribution in [0, 0.1) is 11.3 Å². The lowest BCUT2D eigenvalue weighted by Crippen LogP contribution is -2.28. The first kappa shape index (κ1) is 22.8. The summed E-state index contributed by atoms with van der Waals surface area (Å²) in [5.41, 5.74) is -3.40. The molecule has 158 valence electrons. The standard InChI is InChI=1S/C20H15F6N3O/c1-12(13-5-3-2-4-6-13)29-18(30)14(10-27)11-28-17-8-15(19(21,22)23)7-16(9-17)20(24,25)26/h2-9,11-12,28H,1H3,(H,29,30)/b14-11-. The smallest absolute Gasteiger partial charge is 0.360 e. The number of hydrogen-bond donors (Lipinski definition) is 2. The van der Waals surface area contributed by atoms with E-state index in [1.165, 1.54) is 0 Å². The summed E-state index contributed by atoms with van der Waals surface area (Å²) in [6, 6.07) is 10.7. The Morgan fingerprint density at radius 1 is 1.00 bits per heavy atom. The molecule has 0 radical (unpaired) electrons. The van der Waals surface area contributed by atoms with E-state index in [1.807, 2.05) is 0 Å². The van der Waals surface area contributed by atoms with Crippen molar-refractivity contribution in [1.29, 1.82) is 5.26 Å². The van der Waals surface area contributed by atoms with Crippen LogP contribution < -0.4 is 10.6 Å². The van der Waals surface area contributed by atoms with Crippen molar-refractivity contribution in [2.75, 3.05) is 5.32 Å². The van der Waals surface area contributed by atoms with Gasteiger partial charge in [0.1, 0.15) is 11.6 Å². The number of alkyl halides is 6. The second-order valence-corrected chi connectivity index (χ2v) is 6.21. The highest BCUT2D eigenvalue weighted by atomic mass is 19.4. The third-order valence-electron chi connectivity index (χ3n) is 3.98. The molecule has 0 bridgehead atoms. The second-order valence-electron chi connectivity index (χ2n) is 6.21. The highest BCUT2D eigenvalue weighted by Crippen LogP contribution is 2.37. The van der Waals surface area contributed by atoms with Gasteiger partial charge in [-0.25, -0.2) is 0 Å². The summed E-state index contributed by atoms with van der Waals surface area (Å²) in [6.07, 6.45) is -9.27. The van der Waals surface area contributed by atoms with Crippen molar-refractivity contribution in [2.45, 2.75) is 25.3 Å². The van der Waals surface area contributed by atoms with Gasteiger partial charge in [-0.2, -0.15) is 31.6 Å². The van der Waals surface area contributed by atoms with Crippen LogP contribution in [0.15, 0.2) is 60.3 Å². The molecule has 2 N–H and O–H groups in total. The van der Waals surface area contributed by atoms with Crippen LogP contribution in [0.1, 0.15) is 29.7 Å². The first-order chi connectivity index (χ1) is 13.9. The maximum atomic E-state index is 12.9. The van der Waals surface area contributed by atoms with Crippen LogP contribution in [-0.4, -0.2) is 5.91 Å². The summed E-state index contributed by atoms with van der Waals surface area (Å²) in [5.74, 6) is -0.843. The summed E-state index contributed by atoms with van der Waals surface area (Å²) in [5, 5.41) is 13.8. The number of hydrogen-bond acceptors (Lipinski definition) is 3. The Bertz CT molecular complexity index is 943. The number of nitriles is 1. The summed E-state index contributed by atoms with van der Waals surface area (Å²) < 4.78 is 77.4. The van der Waals surface area contributed by atoms with Crippen LogP contribution in [0.4, 0.5) is 32.0 Å². The predicted octanol–water partition coefficient (Wildman–Crippen LogP) is 5.42. The third kappa shape index (κ3) is 6.01. The molecule has 0 aliphatic carbocycles. The molecule has 0 heterocycles. The van der Waals surface area contributed by atoms with Crippen LogP contribution in [0.5, 0.6) is 0 Å². The number of halogens is 6. The summed E-state index contributed by atoms with van der Waals surface area (Å²) in [4.78, 5) is 12.2. The molecule has 0 fully saturated rings. The van der Waals surface area contributed by atoms with Gasteiger partial charge in [-0.05, 0) is 30.7 Å². The molecule has 0 spiro atoms. The van der Waals surface area contributed by atoms with Crippen LogP contribution in [0.3, 0.4) is 0 Å². The predicted molar refractivity (Wildman–Crippen MR) is 96.8 cm³/mol. The monoisotopic (exact) mass is 427 g/mol. The van der Waals surface area contributed by atoms with Gasteiger partial charge in [-0.1, -0.05) is 30.3 Å². The first-order valence-corrected chi connectivity index (χ1v) is 8.44. The average molecular weight is 427 g/mol. The maximum Gasteiger partial charge on any atom is 0.416 e. The van der Waals surface area contributed by atoms with E-state index in [-0.39, 0.29) is 6.07 Å². The maximum absolute atomic E-state index is 12.9. The first-order valence-electron chi connectivity index (χ1n) is 8.44. The van der Waals surface area contributed by atoms with Crippen LogP contribution in [0.2, 0.25) is 0 Å². The molecule has 0 saturated heterocycles. The van der Waals surface area contributed by atoms with Gasteiger partial charge in [0.25, 0.3) is 5.91 Å². The number of carbonyl (C=O) groups excluding carboxylic acids is 1. The van der Waals surface area contributed by atoms with Crippen LogP contribution in [-0.2, 0) is 17.1 Å². The average Bonchev–Trinajstić information content (AvgIpc) is 2.67. The van der Waals surface area contributed by atoms with Gasteiger partial charge in [0, 0.05) is 11.9 Å². The topological polar surface area (TPSA) is 64.9 Å². The Balaban J connectivity index is 2.25. The number of benzene rings is 2. The van der Waals surface area contributed by atoms with E-state index in [4.69, 9.17) is 5.26 Å². The van der Waals surface area contributed by atoms with E-state index in [1.54, 1.807) is 43.3 Å². The van der Waals surface area contributed by atoms with Crippen molar-refractivity contribution >= 4 is 11.6 Å². The van der Waals surface area contributed by atoms with Gasteiger partial charge in [0.2, 0.25) is 0 Å². The largest absolute Gasteiger partial charge is 0.416 e. The number of nitrogens with one attached hydrogen (secondary N) is 2. The molecule has 0 saturated carbocycles. The van der Waals surface area contributed by atoms with E-state index in [2.05, 4.69) is 10.6 Å². The van der Waals surface area contributed by atoms with Crippen molar-refractivity contribution in [3.8, 4) is 6.07 Å². The lowest BCUT2D eigenvalue weighted by Gasteiger charge is -2.15. The normalized spacial score (nSPS) is 13.3. The second kappa shape index (κ2) is 8.90. The molecule has 1 amide bonds. The molecule has 4 nitrogen and oxygen atoms in total. The fraction of sp³-hybridized carbons (Fsp3) is 0.200. The number of amides is 1. The highest BCUT2D eigenvalue weighted by molar-refractivity contribution is 5.97. The summed E-state index contributed by atoms with van der Waals surface area (Å²) in [7, 11) is 0. The minimum Gasteiger partial charge on any atom is -0.360 e. The van der Waals surface area contributed by atoms with E-state index in [0.29, 0.717) is 12.1 Å². The minimum absolute atomic E-state index is 0.0195. The Hall–Kier alpha value is -3.48. The van der Waals surface area contributed by atoms with E-state index < -0.39 is 46.7 Å². The molecule has 10 heteroatoms. The zero-order valence-electron chi connectivity index (χ0n) is 15.4. The van der Waals surface area contributed by atoms with Crippen LogP contribution in [0.25, 0.3) is 0 Å². The Morgan fingerprint density at radius 3 is 2.00 bits per heavy atom. The van der Waals surface area contributed by atoms with E-state index in [0.717, 1.165) is 11.8 Å². The van der Waals surface area contributed by atoms with E-state index in [9.17, 15) is 31.1 Å². The van der Waals surface area contributed by atoms with Gasteiger partial charge >= 0.3 is 12.4 Å². The van der Waals surface area contributed by atoms with Crippen molar-refractivity contribution in [2.24, 2.45) is 0 Å². The molecular formula is C20H15F6N3O. The zero-order chi connectivity index (χ0) is 22.5. The van der Waals surface area contributed by atoms with Crippen molar-refractivity contribution in [1.82, 2.24) is 5.32 Å². The molecule has 30 heavy (non-hydrogen) atoms. The molecule has 2 aromatic carbocycles. The molecule has 2 aromatic rings. The Labute approximate surface area is 167 Å². The van der Waals surface area contributed by atoms with Gasteiger partial charge in [-0.15, -0.1) is 0 Å². The Kier molecular flexibility index (Phi) is 6.77. The summed E-state index contributed by atoms with van der Waals surface area (Å²) in [6.45, 7) is 1.65. The number of carbonyl (C=O) groups is 1. The molecule has 0 aromatic heterocycles. The molecule has 1 atom stereocenters. The SMILES string of the molecule is CC(NC(=O)/C(C#N)=C\Nc1cc(C(F)(F)F)cc(C(F)(F)F)c1)c1ccccc1. The van der Waals surface area contributed by atoms with Crippen molar-refractivity contribution in [3.63, 3.8) is 0 Å². The molecule has 2 rings (SSSR count). The van der Waals surface area contributed by atoms with Crippen molar-refractivity contribution < 1.29 is 31.1 Å². The van der Waals surface area contributed by atoms with Crippen molar-refractivity contribution in [3.05, 3.63) is 77.0 Å². The number of nitrogens with zero attached hydrogens (tertiary/aromatic N) is 1. The molecule has 0 aliphatic rings. The minimum atomic E-state index is -5.01. The van der Waals surface area contributed by atoms with E-state index >= 15 is 0 Å². The third-order valence-corrected chi connectivity index (χ3v) is 3.98. The lowest BCUT2D eigenvalue weighted by atomic mass is 10.1. The fourth-order valence-electron chi connectivity index (χ4n) is 2.44. The summed E-state index contributed by atoms with van der Waals surface area (Å²) >= 11 is 0. The number of rotatable bonds is 5. The van der Waals surface area contributed by atoms with Gasteiger partial charge in [0.05, 0.1) is 17.2 Å². The lowest BCUT2D eigenvalue weighted by molar-refractivity contribution is -0.143. The molecule has 1 unspecified atom stereocenters.